The molecule has 0 radical (unpaired) electrons. The van der Waals surface area contributed by atoms with Crippen LogP contribution in [0.1, 0.15) is 28.7 Å². The summed E-state index contributed by atoms with van der Waals surface area (Å²) in [5.74, 6) is -0.274. The van der Waals surface area contributed by atoms with Gasteiger partial charge in [-0.1, -0.05) is 23.7 Å². The first-order valence-electron chi connectivity index (χ1n) is 8.81. The Kier molecular flexibility index (Phi) is 5.00. The third-order valence-electron chi connectivity index (χ3n) is 4.77. The predicted octanol–water partition coefficient (Wildman–Crippen LogP) is 4.83. The van der Waals surface area contributed by atoms with Crippen molar-refractivity contribution in [1.29, 1.82) is 0 Å². The van der Waals surface area contributed by atoms with Crippen LogP contribution in [0.25, 0.3) is 0 Å². The number of carbonyl (C=O) groups is 1. The van der Waals surface area contributed by atoms with Crippen molar-refractivity contribution < 1.29 is 4.79 Å². The highest BCUT2D eigenvalue weighted by Gasteiger charge is 2.32. The number of thioether (sulfide) groups is 1. The molecule has 4 rings (SSSR count). The zero-order valence-corrected chi connectivity index (χ0v) is 17.1. The van der Waals surface area contributed by atoms with Crippen LogP contribution in [0.2, 0.25) is 5.02 Å². The van der Waals surface area contributed by atoms with Crippen LogP contribution in [0, 0.1) is 0 Å². The van der Waals surface area contributed by atoms with Crippen LogP contribution in [-0.4, -0.2) is 26.8 Å². The molecule has 3 heterocycles. The van der Waals surface area contributed by atoms with Crippen LogP contribution >= 0.6 is 23.4 Å². The predicted molar refractivity (Wildman–Crippen MR) is 115 cm³/mol. The maximum Gasteiger partial charge on any atom is 0.274 e. The minimum absolute atomic E-state index is 0.274. The van der Waals surface area contributed by atoms with Crippen LogP contribution in [0.4, 0.5) is 5.69 Å². The SMILES string of the molecule is CSC1=NC(C)(c2cccc(NC(=O)c3ccc(Cl)cn3)c2)Cn2cccc21. The highest BCUT2D eigenvalue weighted by Crippen LogP contribution is 2.35. The molecule has 0 spiro atoms. The van der Waals surface area contributed by atoms with E-state index in [1.807, 2.05) is 36.6 Å². The molecule has 0 fully saturated rings. The highest BCUT2D eigenvalue weighted by atomic mass is 35.5. The first-order valence-corrected chi connectivity index (χ1v) is 10.4. The van der Waals surface area contributed by atoms with E-state index in [9.17, 15) is 4.79 Å². The number of hydrogen-bond acceptors (Lipinski definition) is 4. The molecule has 1 N–H and O–H groups in total. The number of aliphatic imine (C=N–C) groups is 1. The lowest BCUT2D eigenvalue weighted by Gasteiger charge is -2.32. The molecule has 1 amide bonds. The highest BCUT2D eigenvalue weighted by molar-refractivity contribution is 8.13. The van der Waals surface area contributed by atoms with Crippen molar-refractivity contribution in [3.63, 3.8) is 0 Å². The second-order valence-electron chi connectivity index (χ2n) is 6.81. The molecule has 0 saturated carbocycles. The average molecular weight is 411 g/mol. The fourth-order valence-corrected chi connectivity index (χ4v) is 4.14. The van der Waals surface area contributed by atoms with Gasteiger partial charge in [-0.05, 0) is 55.1 Å². The second kappa shape index (κ2) is 7.45. The van der Waals surface area contributed by atoms with E-state index in [4.69, 9.17) is 16.6 Å². The molecule has 28 heavy (non-hydrogen) atoms. The normalized spacial score (nSPS) is 18.3. The van der Waals surface area contributed by atoms with Crippen LogP contribution in [0.5, 0.6) is 0 Å². The topological polar surface area (TPSA) is 59.3 Å². The molecule has 3 aromatic rings. The molecule has 0 aliphatic carbocycles. The van der Waals surface area contributed by atoms with Crippen molar-refractivity contribution in [1.82, 2.24) is 9.55 Å². The number of halogens is 1. The van der Waals surface area contributed by atoms with Gasteiger partial charge < -0.3 is 9.88 Å². The standard InChI is InChI=1S/C21H19ClN4OS/c1-21(13-26-10-4-7-18(26)20(25-21)28-2)14-5-3-6-16(11-14)24-19(27)17-9-8-15(22)12-23-17/h3-12H,13H2,1-2H3,(H,24,27). The Bertz CT molecular complexity index is 1060. The lowest BCUT2D eigenvalue weighted by atomic mass is 9.91. The van der Waals surface area contributed by atoms with Gasteiger partial charge in [-0.3, -0.25) is 9.79 Å². The summed E-state index contributed by atoms with van der Waals surface area (Å²) in [6, 6.07) is 15.2. The van der Waals surface area contributed by atoms with Crippen molar-refractivity contribution in [2.24, 2.45) is 4.99 Å². The summed E-state index contributed by atoms with van der Waals surface area (Å²) in [4.78, 5) is 21.6. The monoisotopic (exact) mass is 410 g/mol. The number of fused-ring (bicyclic) bond motifs is 1. The molecular weight excluding hydrogens is 392 g/mol. The molecule has 1 atom stereocenters. The second-order valence-corrected chi connectivity index (χ2v) is 8.04. The lowest BCUT2D eigenvalue weighted by Crippen LogP contribution is -2.32. The van der Waals surface area contributed by atoms with Gasteiger partial charge in [-0.2, -0.15) is 0 Å². The van der Waals surface area contributed by atoms with Gasteiger partial charge >= 0.3 is 0 Å². The number of aromatic nitrogens is 2. The summed E-state index contributed by atoms with van der Waals surface area (Å²) < 4.78 is 2.22. The third-order valence-corrected chi connectivity index (χ3v) is 5.68. The molecule has 1 unspecified atom stereocenters. The Labute approximate surface area is 172 Å². The molecule has 0 saturated heterocycles. The zero-order chi connectivity index (χ0) is 19.7. The lowest BCUT2D eigenvalue weighted by molar-refractivity contribution is 0.102. The number of benzene rings is 1. The van der Waals surface area contributed by atoms with Crippen LogP contribution < -0.4 is 5.32 Å². The molecule has 1 aliphatic heterocycles. The maximum atomic E-state index is 12.5. The minimum Gasteiger partial charge on any atom is -0.343 e. The maximum absolute atomic E-state index is 12.5. The Morgan fingerprint density at radius 1 is 1.25 bits per heavy atom. The first kappa shape index (κ1) is 18.8. The van der Waals surface area contributed by atoms with E-state index in [1.54, 1.807) is 23.9 Å². The quantitative estimate of drug-likeness (QED) is 0.672. The van der Waals surface area contributed by atoms with E-state index in [1.165, 1.54) is 6.20 Å². The van der Waals surface area contributed by atoms with Gasteiger partial charge in [0.25, 0.3) is 5.91 Å². The number of rotatable bonds is 3. The van der Waals surface area contributed by atoms with E-state index in [2.05, 4.69) is 34.1 Å². The largest absolute Gasteiger partial charge is 0.343 e. The van der Waals surface area contributed by atoms with Crippen molar-refractivity contribution in [3.05, 3.63) is 82.9 Å². The van der Waals surface area contributed by atoms with Gasteiger partial charge in [-0.15, -0.1) is 11.8 Å². The molecule has 142 valence electrons. The van der Waals surface area contributed by atoms with E-state index in [0.717, 1.165) is 22.8 Å². The summed E-state index contributed by atoms with van der Waals surface area (Å²) in [6.07, 6.45) is 5.58. The summed E-state index contributed by atoms with van der Waals surface area (Å²) in [7, 11) is 0. The smallest absolute Gasteiger partial charge is 0.274 e. The van der Waals surface area contributed by atoms with Crippen molar-refractivity contribution in [2.75, 3.05) is 11.6 Å². The molecule has 7 heteroatoms. The van der Waals surface area contributed by atoms with Crippen molar-refractivity contribution in [3.8, 4) is 0 Å². The Balaban J connectivity index is 1.62. The van der Waals surface area contributed by atoms with Crippen molar-refractivity contribution >= 4 is 40.0 Å². The first-order chi connectivity index (χ1) is 13.5. The molecule has 1 aliphatic rings. The van der Waals surface area contributed by atoms with Gasteiger partial charge in [0.15, 0.2) is 0 Å². The van der Waals surface area contributed by atoms with Gasteiger partial charge in [0.05, 0.1) is 17.3 Å². The fourth-order valence-electron chi connectivity index (χ4n) is 3.34. The zero-order valence-electron chi connectivity index (χ0n) is 15.5. The number of carbonyl (C=O) groups excluding carboxylic acids is 1. The molecule has 5 nitrogen and oxygen atoms in total. The number of hydrogen-bond donors (Lipinski definition) is 1. The van der Waals surface area contributed by atoms with Crippen LogP contribution in [0.3, 0.4) is 0 Å². The van der Waals surface area contributed by atoms with E-state index in [-0.39, 0.29) is 5.91 Å². The van der Waals surface area contributed by atoms with E-state index in [0.29, 0.717) is 16.4 Å². The summed E-state index contributed by atoms with van der Waals surface area (Å²) in [5.41, 5.74) is 2.80. The molecular formula is C21H19ClN4OS. The van der Waals surface area contributed by atoms with Gasteiger partial charge in [0, 0.05) is 18.1 Å². The van der Waals surface area contributed by atoms with Gasteiger partial charge in [0.1, 0.15) is 16.3 Å². The van der Waals surface area contributed by atoms with Gasteiger partial charge in [-0.25, -0.2) is 4.98 Å². The van der Waals surface area contributed by atoms with Crippen molar-refractivity contribution in [2.45, 2.75) is 19.0 Å². The third kappa shape index (κ3) is 3.57. The Morgan fingerprint density at radius 2 is 2.11 bits per heavy atom. The molecule has 1 aromatic carbocycles. The Hall–Kier alpha value is -2.57. The Morgan fingerprint density at radius 3 is 2.86 bits per heavy atom. The summed E-state index contributed by atoms with van der Waals surface area (Å²) >= 11 is 7.48. The van der Waals surface area contributed by atoms with Crippen LogP contribution in [0.15, 0.2) is 65.9 Å². The number of amides is 1. The van der Waals surface area contributed by atoms with Gasteiger partial charge in [0.2, 0.25) is 0 Å². The number of nitrogens with zero attached hydrogens (tertiary/aromatic N) is 3. The minimum atomic E-state index is -0.413. The average Bonchev–Trinajstić information content (AvgIpc) is 3.16. The van der Waals surface area contributed by atoms with E-state index < -0.39 is 5.54 Å². The number of anilines is 1. The number of nitrogens with one attached hydrogen (secondary N) is 1. The molecule has 0 bridgehead atoms. The fraction of sp³-hybridized carbons (Fsp3) is 0.190. The summed E-state index contributed by atoms with van der Waals surface area (Å²) in [5, 5.41) is 4.42. The molecule has 2 aromatic heterocycles. The van der Waals surface area contributed by atoms with E-state index >= 15 is 0 Å². The summed E-state index contributed by atoms with van der Waals surface area (Å²) in [6.45, 7) is 2.86. The van der Waals surface area contributed by atoms with Crippen LogP contribution in [-0.2, 0) is 12.1 Å². The number of pyridine rings is 1.